The van der Waals surface area contributed by atoms with Crippen LogP contribution in [0.15, 0.2) is 24.3 Å². The van der Waals surface area contributed by atoms with Crippen LogP contribution in [-0.4, -0.2) is 53.3 Å². The van der Waals surface area contributed by atoms with E-state index in [4.69, 9.17) is 0 Å². The highest BCUT2D eigenvalue weighted by Crippen LogP contribution is 2.33. The fourth-order valence-electron chi connectivity index (χ4n) is 3.40. The Bertz CT molecular complexity index is 901. The molecule has 0 unspecified atom stereocenters. The molecule has 0 atom stereocenters. The molecule has 0 radical (unpaired) electrons. The Hall–Kier alpha value is -1.77. The molecule has 0 aliphatic carbocycles. The molecule has 8 heteroatoms. The van der Waals surface area contributed by atoms with Crippen molar-refractivity contribution in [2.24, 2.45) is 0 Å². The molecule has 1 N–H and O–H groups in total. The summed E-state index contributed by atoms with van der Waals surface area (Å²) in [7, 11) is -3.04. The molecular weight excluding hydrogens is 357 g/mol. The van der Waals surface area contributed by atoms with Gasteiger partial charge in [-0.2, -0.15) is 5.10 Å². The van der Waals surface area contributed by atoms with E-state index in [1.807, 2.05) is 13.8 Å². The summed E-state index contributed by atoms with van der Waals surface area (Å²) in [4.78, 5) is 2.10. The van der Waals surface area contributed by atoms with Gasteiger partial charge >= 0.3 is 0 Å². The van der Waals surface area contributed by atoms with Gasteiger partial charge in [0.15, 0.2) is 0 Å². The predicted molar refractivity (Wildman–Crippen MR) is 97.0 cm³/mol. The summed E-state index contributed by atoms with van der Waals surface area (Å²) in [6, 6.07) is 5.95. The molecule has 1 aliphatic rings. The van der Waals surface area contributed by atoms with Crippen molar-refractivity contribution in [3.63, 3.8) is 0 Å². The summed E-state index contributed by atoms with van der Waals surface area (Å²) in [6.45, 7) is 5.75. The van der Waals surface area contributed by atoms with Crippen LogP contribution < -0.4 is 0 Å². The Morgan fingerprint density at radius 2 is 1.85 bits per heavy atom. The number of aliphatic hydroxyl groups is 1. The van der Waals surface area contributed by atoms with E-state index in [2.05, 4.69) is 10.00 Å². The highest BCUT2D eigenvalue weighted by atomic mass is 32.2. The summed E-state index contributed by atoms with van der Waals surface area (Å²) >= 11 is 0. The van der Waals surface area contributed by atoms with E-state index >= 15 is 0 Å². The lowest BCUT2D eigenvalue weighted by Crippen LogP contribution is -2.58. The lowest BCUT2D eigenvalue weighted by Gasteiger charge is -2.47. The van der Waals surface area contributed by atoms with Gasteiger partial charge in [-0.15, -0.1) is 0 Å². The highest BCUT2D eigenvalue weighted by Gasteiger charge is 2.42. The van der Waals surface area contributed by atoms with Crippen molar-refractivity contribution >= 4 is 9.84 Å². The van der Waals surface area contributed by atoms with Gasteiger partial charge in [-0.05, 0) is 31.5 Å². The maximum atomic E-state index is 13.0. The zero-order valence-corrected chi connectivity index (χ0v) is 16.1. The van der Waals surface area contributed by atoms with Gasteiger partial charge in [-0.1, -0.05) is 12.1 Å². The summed E-state index contributed by atoms with van der Waals surface area (Å²) in [5, 5.41) is 15.1. The first kappa shape index (κ1) is 19.0. The second-order valence-corrected chi connectivity index (χ2v) is 9.45. The van der Waals surface area contributed by atoms with Crippen LogP contribution in [0.25, 0.3) is 0 Å². The van der Waals surface area contributed by atoms with E-state index in [0.717, 1.165) is 17.0 Å². The van der Waals surface area contributed by atoms with E-state index in [1.165, 1.54) is 18.4 Å². The van der Waals surface area contributed by atoms with Crippen molar-refractivity contribution in [1.29, 1.82) is 0 Å². The molecule has 0 bridgehead atoms. The highest BCUT2D eigenvalue weighted by molar-refractivity contribution is 7.90. The smallest absolute Gasteiger partial charge is 0.149 e. The first-order chi connectivity index (χ1) is 12.1. The number of hydrogen-bond donors (Lipinski definition) is 1. The monoisotopic (exact) mass is 381 g/mol. The minimum atomic E-state index is -3.04. The average Bonchev–Trinajstić information content (AvgIpc) is 2.78. The Morgan fingerprint density at radius 1 is 1.23 bits per heavy atom. The van der Waals surface area contributed by atoms with Crippen LogP contribution in [0.3, 0.4) is 0 Å². The molecule has 6 nitrogen and oxygen atoms in total. The quantitative estimate of drug-likeness (QED) is 0.818. The van der Waals surface area contributed by atoms with Crippen molar-refractivity contribution in [3.8, 4) is 0 Å². The van der Waals surface area contributed by atoms with Crippen LogP contribution in [0.2, 0.25) is 0 Å². The van der Waals surface area contributed by atoms with Crippen molar-refractivity contribution < 1.29 is 17.9 Å². The minimum Gasteiger partial charge on any atom is -0.382 e. The summed E-state index contributed by atoms with van der Waals surface area (Å²) < 4.78 is 37.5. The standard InChI is InChI=1S/C18H24FN3O3S/c1-13-17(14(2)22(20-13)8-9-26(3,24)25)10-21-11-18(23,12-21)15-4-6-16(19)7-5-15/h4-7,23H,8-12H2,1-3H3. The van der Waals surface area contributed by atoms with Crippen LogP contribution in [0, 0.1) is 19.7 Å². The van der Waals surface area contributed by atoms with Gasteiger partial charge < -0.3 is 5.11 Å². The van der Waals surface area contributed by atoms with E-state index in [9.17, 15) is 17.9 Å². The van der Waals surface area contributed by atoms with Gasteiger partial charge in [-0.3, -0.25) is 9.58 Å². The Balaban J connectivity index is 1.66. The number of hydrogen-bond acceptors (Lipinski definition) is 5. The second-order valence-electron chi connectivity index (χ2n) is 7.19. The molecule has 0 amide bonds. The molecule has 1 aromatic carbocycles. The van der Waals surface area contributed by atoms with Crippen LogP contribution in [-0.2, 0) is 28.5 Å². The Kier molecular flexibility index (Phi) is 4.94. The van der Waals surface area contributed by atoms with E-state index in [-0.39, 0.29) is 11.6 Å². The van der Waals surface area contributed by atoms with Crippen molar-refractivity contribution in [2.45, 2.75) is 32.5 Å². The van der Waals surface area contributed by atoms with E-state index < -0.39 is 15.4 Å². The molecule has 1 aliphatic heterocycles. The average molecular weight is 381 g/mol. The number of nitrogens with zero attached hydrogens (tertiary/aromatic N) is 3. The molecule has 2 aromatic rings. The van der Waals surface area contributed by atoms with E-state index in [1.54, 1.807) is 16.8 Å². The Labute approximate surface area is 153 Å². The summed E-state index contributed by atoms with van der Waals surface area (Å²) in [5.41, 5.74) is 2.63. The lowest BCUT2D eigenvalue weighted by atomic mass is 9.86. The third-order valence-electron chi connectivity index (χ3n) is 4.94. The molecule has 26 heavy (non-hydrogen) atoms. The number of aromatic nitrogens is 2. The van der Waals surface area contributed by atoms with Crippen molar-refractivity contribution in [2.75, 3.05) is 25.1 Å². The Morgan fingerprint density at radius 3 is 2.42 bits per heavy atom. The van der Waals surface area contributed by atoms with Gasteiger partial charge in [0.1, 0.15) is 21.3 Å². The largest absolute Gasteiger partial charge is 0.382 e. The van der Waals surface area contributed by atoms with Crippen LogP contribution in [0.4, 0.5) is 4.39 Å². The van der Waals surface area contributed by atoms with E-state index in [0.29, 0.717) is 31.7 Å². The number of β-amino-alcohol motifs (C(OH)–C–C–N with tert-alkyl or cyclic N) is 1. The van der Waals surface area contributed by atoms with Crippen molar-refractivity contribution in [3.05, 3.63) is 52.6 Å². The minimum absolute atomic E-state index is 0.0580. The predicted octanol–water partition coefficient (Wildman–Crippen LogP) is 1.39. The molecule has 3 rings (SSSR count). The number of likely N-dealkylation sites (tertiary alicyclic amines) is 1. The van der Waals surface area contributed by atoms with Gasteiger partial charge in [0.25, 0.3) is 0 Å². The number of sulfone groups is 1. The van der Waals surface area contributed by atoms with Gasteiger partial charge in [0.2, 0.25) is 0 Å². The maximum Gasteiger partial charge on any atom is 0.149 e. The third-order valence-corrected chi connectivity index (χ3v) is 5.86. The van der Waals surface area contributed by atoms with Gasteiger partial charge in [0, 0.05) is 37.1 Å². The first-order valence-corrected chi connectivity index (χ1v) is 10.5. The summed E-state index contributed by atoms with van der Waals surface area (Å²) in [6.07, 6.45) is 1.22. The fourth-order valence-corrected chi connectivity index (χ4v) is 3.91. The molecule has 1 saturated heterocycles. The summed E-state index contributed by atoms with van der Waals surface area (Å²) in [5.74, 6) is -0.260. The number of benzene rings is 1. The SMILES string of the molecule is Cc1nn(CCS(C)(=O)=O)c(C)c1CN1CC(O)(c2ccc(F)cc2)C1. The van der Waals surface area contributed by atoms with Crippen LogP contribution in [0.1, 0.15) is 22.5 Å². The second kappa shape index (κ2) is 6.75. The topological polar surface area (TPSA) is 75.4 Å². The third kappa shape index (κ3) is 3.97. The van der Waals surface area contributed by atoms with Gasteiger partial charge in [-0.25, -0.2) is 12.8 Å². The number of halogens is 1. The lowest BCUT2D eigenvalue weighted by molar-refractivity contribution is -0.108. The molecule has 2 heterocycles. The fraction of sp³-hybridized carbons (Fsp3) is 0.500. The molecule has 0 spiro atoms. The van der Waals surface area contributed by atoms with Gasteiger partial charge in [0.05, 0.1) is 18.0 Å². The normalized spacial score (nSPS) is 17.3. The van der Waals surface area contributed by atoms with Crippen molar-refractivity contribution in [1.82, 2.24) is 14.7 Å². The van der Waals surface area contributed by atoms with Crippen LogP contribution in [0.5, 0.6) is 0 Å². The molecular formula is C18H24FN3O3S. The van der Waals surface area contributed by atoms with Crippen LogP contribution >= 0.6 is 0 Å². The molecule has 1 aromatic heterocycles. The molecule has 142 valence electrons. The molecule has 0 saturated carbocycles. The zero-order valence-electron chi connectivity index (χ0n) is 15.2. The number of rotatable bonds is 6. The first-order valence-electron chi connectivity index (χ1n) is 8.49. The number of aryl methyl sites for hydroxylation is 2. The maximum absolute atomic E-state index is 13.0. The zero-order chi connectivity index (χ0) is 19.1. The molecule has 1 fully saturated rings.